The summed E-state index contributed by atoms with van der Waals surface area (Å²) >= 11 is 0. The van der Waals surface area contributed by atoms with Crippen molar-refractivity contribution in [3.05, 3.63) is 46.3 Å². The third kappa shape index (κ3) is 1.98. The van der Waals surface area contributed by atoms with Crippen molar-refractivity contribution in [1.82, 2.24) is 9.78 Å². The van der Waals surface area contributed by atoms with Gasteiger partial charge in [-0.25, -0.2) is 4.68 Å². The molecule has 0 saturated carbocycles. The predicted molar refractivity (Wildman–Crippen MR) is 68.4 cm³/mol. The number of aliphatic hydroxyl groups is 1. The number of hydrogen-bond donors (Lipinski definition) is 1. The maximum absolute atomic E-state index is 9.43. The molecule has 1 aromatic carbocycles. The van der Waals surface area contributed by atoms with E-state index in [-0.39, 0.29) is 6.61 Å². The molecule has 0 unspecified atom stereocenters. The zero-order chi connectivity index (χ0) is 12.6. The highest BCUT2D eigenvalue weighted by atomic mass is 16.3. The van der Waals surface area contributed by atoms with E-state index in [1.54, 1.807) is 0 Å². The highest BCUT2D eigenvalue weighted by Crippen LogP contribution is 2.21. The van der Waals surface area contributed by atoms with Crippen molar-refractivity contribution >= 4 is 0 Å². The summed E-state index contributed by atoms with van der Waals surface area (Å²) in [5.41, 5.74) is 6.39. The molecular formula is C14H18N2O. The second-order valence-corrected chi connectivity index (χ2v) is 4.50. The Bertz CT molecular complexity index is 556. The Labute approximate surface area is 102 Å². The van der Waals surface area contributed by atoms with Crippen LogP contribution < -0.4 is 0 Å². The first-order chi connectivity index (χ1) is 8.04. The van der Waals surface area contributed by atoms with Crippen LogP contribution in [-0.2, 0) is 6.61 Å². The zero-order valence-electron chi connectivity index (χ0n) is 10.8. The molecule has 1 aromatic heterocycles. The van der Waals surface area contributed by atoms with Crippen LogP contribution in [0, 0.1) is 27.7 Å². The number of aryl methyl sites for hydroxylation is 2. The summed E-state index contributed by atoms with van der Waals surface area (Å²) in [7, 11) is 0. The molecule has 0 bridgehead atoms. The van der Waals surface area contributed by atoms with Crippen molar-refractivity contribution in [2.75, 3.05) is 0 Å². The minimum Gasteiger partial charge on any atom is -0.392 e. The second kappa shape index (κ2) is 4.34. The SMILES string of the molecule is Cc1ccc(-n2nc(C)c(C)c2C)c(CO)c1. The first-order valence-corrected chi connectivity index (χ1v) is 5.78. The van der Waals surface area contributed by atoms with Gasteiger partial charge in [-0.1, -0.05) is 17.7 Å². The van der Waals surface area contributed by atoms with E-state index in [0.29, 0.717) is 0 Å². The van der Waals surface area contributed by atoms with Crippen LogP contribution in [0.15, 0.2) is 18.2 Å². The van der Waals surface area contributed by atoms with E-state index in [4.69, 9.17) is 0 Å². The fourth-order valence-electron chi connectivity index (χ4n) is 2.00. The molecule has 0 spiro atoms. The topological polar surface area (TPSA) is 38.0 Å². The van der Waals surface area contributed by atoms with E-state index in [2.05, 4.69) is 18.9 Å². The van der Waals surface area contributed by atoms with Crippen molar-refractivity contribution < 1.29 is 5.11 Å². The van der Waals surface area contributed by atoms with Gasteiger partial charge in [-0.3, -0.25) is 0 Å². The number of nitrogens with zero attached hydrogens (tertiary/aromatic N) is 2. The lowest BCUT2D eigenvalue weighted by atomic mass is 10.1. The molecule has 90 valence electrons. The van der Waals surface area contributed by atoms with Crippen LogP contribution in [0.1, 0.15) is 28.1 Å². The summed E-state index contributed by atoms with van der Waals surface area (Å²) in [4.78, 5) is 0. The first-order valence-electron chi connectivity index (χ1n) is 5.78. The summed E-state index contributed by atoms with van der Waals surface area (Å²) < 4.78 is 1.91. The molecule has 0 radical (unpaired) electrons. The molecule has 1 N–H and O–H groups in total. The van der Waals surface area contributed by atoms with Crippen LogP contribution in [0.25, 0.3) is 5.69 Å². The quantitative estimate of drug-likeness (QED) is 0.861. The average Bonchev–Trinajstić information content (AvgIpc) is 2.57. The Hall–Kier alpha value is -1.61. The Morgan fingerprint density at radius 3 is 2.41 bits per heavy atom. The number of rotatable bonds is 2. The van der Waals surface area contributed by atoms with Crippen molar-refractivity contribution in [3.63, 3.8) is 0 Å². The third-order valence-electron chi connectivity index (χ3n) is 3.29. The zero-order valence-corrected chi connectivity index (χ0v) is 10.8. The monoisotopic (exact) mass is 230 g/mol. The minimum atomic E-state index is 0.0361. The van der Waals surface area contributed by atoms with E-state index in [9.17, 15) is 5.11 Å². The van der Waals surface area contributed by atoms with Crippen molar-refractivity contribution in [2.24, 2.45) is 0 Å². The molecule has 0 amide bonds. The first kappa shape index (κ1) is 11.9. The van der Waals surface area contributed by atoms with E-state index in [1.165, 1.54) is 5.56 Å². The number of aromatic nitrogens is 2. The normalized spacial score (nSPS) is 10.9. The van der Waals surface area contributed by atoms with Gasteiger partial charge < -0.3 is 5.11 Å². The van der Waals surface area contributed by atoms with Gasteiger partial charge in [0.1, 0.15) is 0 Å². The number of aliphatic hydroxyl groups excluding tert-OH is 1. The van der Waals surface area contributed by atoms with Gasteiger partial charge in [-0.2, -0.15) is 5.10 Å². The van der Waals surface area contributed by atoms with Gasteiger partial charge in [0.15, 0.2) is 0 Å². The molecule has 0 fully saturated rings. The lowest BCUT2D eigenvalue weighted by Gasteiger charge is -2.10. The summed E-state index contributed by atoms with van der Waals surface area (Å²) in [6.45, 7) is 8.19. The van der Waals surface area contributed by atoms with E-state index < -0.39 is 0 Å². The molecule has 3 heteroatoms. The van der Waals surface area contributed by atoms with Gasteiger partial charge >= 0.3 is 0 Å². The van der Waals surface area contributed by atoms with E-state index >= 15 is 0 Å². The lowest BCUT2D eigenvalue weighted by Crippen LogP contribution is -2.04. The standard InChI is InChI=1S/C14H18N2O/c1-9-5-6-14(13(7-9)8-17)16-12(4)10(2)11(3)15-16/h5-7,17H,8H2,1-4H3. The van der Waals surface area contributed by atoms with Gasteiger partial charge in [-0.15, -0.1) is 0 Å². The second-order valence-electron chi connectivity index (χ2n) is 4.50. The van der Waals surface area contributed by atoms with Crippen molar-refractivity contribution in [3.8, 4) is 5.69 Å². The molecule has 2 rings (SSSR count). The Kier molecular flexibility index (Phi) is 3.03. The Balaban J connectivity index is 2.64. The minimum absolute atomic E-state index is 0.0361. The molecule has 3 nitrogen and oxygen atoms in total. The fraction of sp³-hybridized carbons (Fsp3) is 0.357. The molecule has 0 aliphatic carbocycles. The van der Waals surface area contributed by atoms with E-state index in [0.717, 1.165) is 28.2 Å². The largest absolute Gasteiger partial charge is 0.392 e. The molecule has 0 atom stereocenters. The highest BCUT2D eigenvalue weighted by Gasteiger charge is 2.11. The molecular weight excluding hydrogens is 212 g/mol. The van der Waals surface area contributed by atoms with Crippen molar-refractivity contribution in [1.29, 1.82) is 0 Å². The molecule has 0 saturated heterocycles. The summed E-state index contributed by atoms with van der Waals surface area (Å²) in [6.07, 6.45) is 0. The molecule has 1 heterocycles. The third-order valence-corrected chi connectivity index (χ3v) is 3.29. The summed E-state index contributed by atoms with van der Waals surface area (Å²) in [5, 5.41) is 14.0. The maximum Gasteiger partial charge on any atom is 0.0704 e. The maximum atomic E-state index is 9.43. The van der Waals surface area contributed by atoms with Crippen LogP contribution in [0.2, 0.25) is 0 Å². The van der Waals surface area contributed by atoms with Crippen LogP contribution in [0.4, 0.5) is 0 Å². The van der Waals surface area contributed by atoms with Crippen LogP contribution >= 0.6 is 0 Å². The lowest BCUT2D eigenvalue weighted by molar-refractivity contribution is 0.281. The van der Waals surface area contributed by atoms with Gasteiger partial charge in [0.05, 0.1) is 18.0 Å². The van der Waals surface area contributed by atoms with Crippen LogP contribution in [-0.4, -0.2) is 14.9 Å². The number of hydrogen-bond acceptors (Lipinski definition) is 2. The summed E-state index contributed by atoms with van der Waals surface area (Å²) in [6, 6.07) is 6.06. The average molecular weight is 230 g/mol. The predicted octanol–water partition coefficient (Wildman–Crippen LogP) is 2.60. The van der Waals surface area contributed by atoms with Gasteiger partial charge in [0.25, 0.3) is 0 Å². The van der Waals surface area contributed by atoms with Gasteiger partial charge in [0, 0.05) is 11.3 Å². The van der Waals surface area contributed by atoms with Crippen molar-refractivity contribution in [2.45, 2.75) is 34.3 Å². The molecule has 0 aliphatic heterocycles. The van der Waals surface area contributed by atoms with E-state index in [1.807, 2.05) is 36.7 Å². The fourth-order valence-corrected chi connectivity index (χ4v) is 2.00. The molecule has 2 aromatic rings. The molecule has 0 aliphatic rings. The smallest absolute Gasteiger partial charge is 0.0704 e. The summed E-state index contributed by atoms with van der Waals surface area (Å²) in [5.74, 6) is 0. The van der Waals surface area contributed by atoms with Crippen LogP contribution in [0.3, 0.4) is 0 Å². The van der Waals surface area contributed by atoms with Crippen LogP contribution in [0.5, 0.6) is 0 Å². The van der Waals surface area contributed by atoms with Gasteiger partial charge in [-0.05, 0) is 39.3 Å². The number of benzene rings is 1. The Morgan fingerprint density at radius 2 is 1.88 bits per heavy atom. The molecule has 17 heavy (non-hydrogen) atoms. The van der Waals surface area contributed by atoms with Gasteiger partial charge in [0.2, 0.25) is 0 Å². The highest BCUT2D eigenvalue weighted by molar-refractivity contribution is 5.45. The Morgan fingerprint density at radius 1 is 1.18 bits per heavy atom.